The molecule has 1 aromatic rings. The maximum atomic E-state index is 3.96. The molecule has 0 unspecified atom stereocenters. The van der Waals surface area contributed by atoms with Crippen molar-refractivity contribution in [3.05, 3.63) is 72.9 Å². The first-order valence-corrected chi connectivity index (χ1v) is 5.54. The highest BCUT2D eigenvalue weighted by atomic mass is 14.8. The molecule has 1 rings (SSSR count). The van der Waals surface area contributed by atoms with Crippen LogP contribution in [0.4, 0.5) is 0 Å². The summed E-state index contributed by atoms with van der Waals surface area (Å²) < 4.78 is 0. The van der Waals surface area contributed by atoms with Gasteiger partial charge in [0.15, 0.2) is 0 Å². The Labute approximate surface area is 98.2 Å². The van der Waals surface area contributed by atoms with Gasteiger partial charge in [-0.25, -0.2) is 0 Å². The number of hydrogen-bond donors (Lipinski definition) is 1. The molecule has 0 saturated carbocycles. The molecule has 0 spiro atoms. The zero-order valence-corrected chi connectivity index (χ0v) is 9.65. The molecule has 0 aromatic heterocycles. The minimum Gasteiger partial charge on any atom is -0.312 e. The standard InChI is InChI=1S/C15H19N/c1-3-4-8-14(2)11-12-16-13-15-9-6-5-7-10-15/h3-10,16H,1-2,11-13H2/b8-4-. The van der Waals surface area contributed by atoms with Crippen LogP contribution >= 0.6 is 0 Å². The number of rotatable bonds is 7. The van der Waals surface area contributed by atoms with Crippen molar-refractivity contribution in [2.24, 2.45) is 0 Å². The predicted molar refractivity (Wildman–Crippen MR) is 71.2 cm³/mol. The summed E-state index contributed by atoms with van der Waals surface area (Å²) >= 11 is 0. The van der Waals surface area contributed by atoms with Crippen LogP contribution in [0.5, 0.6) is 0 Å². The minimum atomic E-state index is 0.916. The summed E-state index contributed by atoms with van der Waals surface area (Å²) in [6.07, 6.45) is 6.65. The summed E-state index contributed by atoms with van der Waals surface area (Å²) in [7, 11) is 0. The van der Waals surface area contributed by atoms with Crippen LogP contribution in [0.25, 0.3) is 0 Å². The van der Waals surface area contributed by atoms with Gasteiger partial charge in [0.25, 0.3) is 0 Å². The lowest BCUT2D eigenvalue weighted by Gasteiger charge is -2.04. The molecule has 0 fully saturated rings. The van der Waals surface area contributed by atoms with E-state index in [0.29, 0.717) is 0 Å². The van der Waals surface area contributed by atoms with Gasteiger partial charge in [0.05, 0.1) is 0 Å². The van der Waals surface area contributed by atoms with Crippen LogP contribution < -0.4 is 5.32 Å². The minimum absolute atomic E-state index is 0.916. The van der Waals surface area contributed by atoms with Crippen molar-refractivity contribution >= 4 is 0 Å². The summed E-state index contributed by atoms with van der Waals surface area (Å²) in [6, 6.07) is 10.4. The summed E-state index contributed by atoms with van der Waals surface area (Å²) in [5.74, 6) is 0. The van der Waals surface area contributed by atoms with E-state index in [1.807, 2.05) is 18.2 Å². The molecule has 1 aromatic carbocycles. The highest BCUT2D eigenvalue weighted by molar-refractivity contribution is 5.18. The van der Waals surface area contributed by atoms with E-state index >= 15 is 0 Å². The topological polar surface area (TPSA) is 12.0 Å². The normalized spacial score (nSPS) is 10.5. The molecule has 0 heterocycles. The first-order chi connectivity index (χ1) is 7.83. The van der Waals surface area contributed by atoms with Crippen LogP contribution in [0.3, 0.4) is 0 Å². The number of hydrogen-bond acceptors (Lipinski definition) is 1. The first-order valence-electron chi connectivity index (χ1n) is 5.54. The molecule has 0 amide bonds. The van der Waals surface area contributed by atoms with Crippen molar-refractivity contribution in [1.82, 2.24) is 5.32 Å². The maximum Gasteiger partial charge on any atom is 0.0205 e. The molecule has 1 heteroatoms. The monoisotopic (exact) mass is 213 g/mol. The van der Waals surface area contributed by atoms with Gasteiger partial charge in [-0.3, -0.25) is 0 Å². The Bertz CT molecular complexity index is 349. The van der Waals surface area contributed by atoms with Gasteiger partial charge in [-0.15, -0.1) is 0 Å². The third-order valence-electron chi connectivity index (χ3n) is 2.26. The van der Waals surface area contributed by atoms with Crippen molar-refractivity contribution in [1.29, 1.82) is 0 Å². The van der Waals surface area contributed by atoms with Crippen molar-refractivity contribution in [2.75, 3.05) is 6.54 Å². The van der Waals surface area contributed by atoms with E-state index in [1.165, 1.54) is 5.56 Å². The number of nitrogens with one attached hydrogen (secondary N) is 1. The third-order valence-corrected chi connectivity index (χ3v) is 2.26. The molecule has 0 aliphatic rings. The van der Waals surface area contributed by atoms with Crippen LogP contribution in [0.1, 0.15) is 12.0 Å². The molecular formula is C15H19N. The highest BCUT2D eigenvalue weighted by Gasteiger charge is 1.91. The lowest BCUT2D eigenvalue weighted by atomic mass is 10.2. The molecule has 0 aliphatic heterocycles. The smallest absolute Gasteiger partial charge is 0.0205 e. The fourth-order valence-corrected chi connectivity index (χ4v) is 1.36. The first kappa shape index (κ1) is 12.5. The van der Waals surface area contributed by atoms with Gasteiger partial charge in [-0.2, -0.15) is 0 Å². The van der Waals surface area contributed by atoms with E-state index in [9.17, 15) is 0 Å². The zero-order chi connectivity index (χ0) is 11.6. The number of benzene rings is 1. The van der Waals surface area contributed by atoms with E-state index in [4.69, 9.17) is 0 Å². The van der Waals surface area contributed by atoms with Crippen molar-refractivity contribution < 1.29 is 0 Å². The molecule has 0 aliphatic carbocycles. The van der Waals surface area contributed by atoms with Crippen molar-refractivity contribution in [3.63, 3.8) is 0 Å². The molecular weight excluding hydrogens is 194 g/mol. The zero-order valence-electron chi connectivity index (χ0n) is 9.65. The van der Waals surface area contributed by atoms with Gasteiger partial charge >= 0.3 is 0 Å². The second kappa shape index (κ2) is 7.66. The van der Waals surface area contributed by atoms with E-state index in [0.717, 1.165) is 25.1 Å². The fraction of sp³-hybridized carbons (Fsp3) is 0.200. The Morgan fingerprint density at radius 3 is 2.69 bits per heavy atom. The predicted octanol–water partition coefficient (Wildman–Crippen LogP) is 3.46. The molecule has 0 saturated heterocycles. The second-order valence-electron chi connectivity index (χ2n) is 3.67. The molecule has 1 N–H and O–H groups in total. The average Bonchev–Trinajstić information content (AvgIpc) is 2.33. The Hall–Kier alpha value is -1.60. The van der Waals surface area contributed by atoms with Crippen molar-refractivity contribution in [3.8, 4) is 0 Å². The lowest BCUT2D eigenvalue weighted by molar-refractivity contribution is 0.689. The summed E-state index contributed by atoms with van der Waals surface area (Å²) in [6.45, 7) is 9.46. The maximum absolute atomic E-state index is 3.96. The quantitative estimate of drug-likeness (QED) is 0.540. The van der Waals surface area contributed by atoms with Crippen LogP contribution in [-0.4, -0.2) is 6.54 Å². The van der Waals surface area contributed by atoms with E-state index in [-0.39, 0.29) is 0 Å². The van der Waals surface area contributed by atoms with E-state index < -0.39 is 0 Å². The third kappa shape index (κ3) is 5.32. The Morgan fingerprint density at radius 2 is 2.00 bits per heavy atom. The molecule has 84 valence electrons. The largest absolute Gasteiger partial charge is 0.312 e. The highest BCUT2D eigenvalue weighted by Crippen LogP contribution is 2.00. The Kier molecular flexibility index (Phi) is 5.97. The van der Waals surface area contributed by atoms with E-state index in [2.05, 4.69) is 42.7 Å². The second-order valence-corrected chi connectivity index (χ2v) is 3.67. The molecule has 1 nitrogen and oxygen atoms in total. The fourth-order valence-electron chi connectivity index (χ4n) is 1.36. The number of allylic oxidation sites excluding steroid dienone is 3. The lowest BCUT2D eigenvalue weighted by Crippen LogP contribution is -2.14. The summed E-state index contributed by atoms with van der Waals surface area (Å²) in [5, 5.41) is 3.39. The van der Waals surface area contributed by atoms with Crippen LogP contribution in [0, 0.1) is 0 Å². The van der Waals surface area contributed by atoms with Crippen LogP contribution in [0.2, 0.25) is 0 Å². The Morgan fingerprint density at radius 1 is 1.25 bits per heavy atom. The van der Waals surface area contributed by atoms with Gasteiger partial charge in [0.1, 0.15) is 0 Å². The van der Waals surface area contributed by atoms with E-state index in [1.54, 1.807) is 6.08 Å². The van der Waals surface area contributed by atoms with Gasteiger partial charge in [-0.05, 0) is 18.5 Å². The summed E-state index contributed by atoms with van der Waals surface area (Å²) in [4.78, 5) is 0. The SMILES string of the molecule is C=C/C=C\C(=C)CCNCc1ccccc1. The molecule has 0 bridgehead atoms. The Balaban J connectivity index is 2.15. The van der Waals surface area contributed by atoms with Gasteiger partial charge in [0, 0.05) is 6.54 Å². The summed E-state index contributed by atoms with van der Waals surface area (Å²) in [5.41, 5.74) is 2.44. The van der Waals surface area contributed by atoms with Gasteiger partial charge in [-0.1, -0.05) is 67.3 Å². The van der Waals surface area contributed by atoms with Gasteiger partial charge < -0.3 is 5.32 Å². The van der Waals surface area contributed by atoms with Gasteiger partial charge in [0.2, 0.25) is 0 Å². The van der Waals surface area contributed by atoms with Crippen LogP contribution in [-0.2, 0) is 6.54 Å². The van der Waals surface area contributed by atoms with Crippen molar-refractivity contribution in [2.45, 2.75) is 13.0 Å². The molecule has 0 atom stereocenters. The van der Waals surface area contributed by atoms with Crippen LogP contribution in [0.15, 0.2) is 67.3 Å². The molecule has 16 heavy (non-hydrogen) atoms. The molecule has 0 radical (unpaired) electrons. The average molecular weight is 213 g/mol.